The van der Waals surface area contributed by atoms with E-state index in [0.29, 0.717) is 33.6 Å². The number of aromatic nitrogens is 1. The molecule has 3 rings (SSSR count). The number of rotatable bonds is 6. The number of nitrogens with one attached hydrogen (secondary N) is 1. The molecule has 0 aliphatic heterocycles. The zero-order valence-electron chi connectivity index (χ0n) is 14.5. The van der Waals surface area contributed by atoms with Crippen molar-refractivity contribution in [3.05, 3.63) is 44.4 Å². The van der Waals surface area contributed by atoms with E-state index in [1.807, 2.05) is 17.5 Å². The van der Waals surface area contributed by atoms with Gasteiger partial charge in [-0.15, -0.1) is 11.3 Å². The summed E-state index contributed by atoms with van der Waals surface area (Å²) in [5.41, 5.74) is 8.58. The first kappa shape index (κ1) is 18.9. The van der Waals surface area contributed by atoms with Crippen LogP contribution >= 0.6 is 27.3 Å². The Bertz CT molecular complexity index is 957. The van der Waals surface area contributed by atoms with E-state index in [1.54, 1.807) is 18.3 Å². The summed E-state index contributed by atoms with van der Waals surface area (Å²) in [6, 6.07) is 5.31. The maximum absolute atomic E-state index is 13.5. The molecular formula is C19H19BrFN3OS. The number of alkyl halides is 1. The van der Waals surface area contributed by atoms with Gasteiger partial charge in [-0.2, -0.15) is 0 Å². The van der Waals surface area contributed by atoms with Gasteiger partial charge in [0, 0.05) is 23.9 Å². The van der Waals surface area contributed by atoms with Crippen LogP contribution < -0.4 is 11.1 Å². The Kier molecular flexibility index (Phi) is 5.97. The monoisotopic (exact) mass is 435 g/mol. The standard InChI is InChI=1S/C19H19BrFN3OS/c1-3-5-12-8-15(23-10-13-6-4-7-26-13)19-18(24-12)17(20)16(25-19)9-14(22)11(2)21/h4,6-8,11,14H,9-10,22H2,1-2H3,(H,23,24)/t11-,14+/m0/s1. The average Bonchev–Trinajstić information content (AvgIpc) is 3.23. The molecule has 7 heteroatoms. The third-order valence-electron chi connectivity index (χ3n) is 3.95. The zero-order chi connectivity index (χ0) is 18.7. The van der Waals surface area contributed by atoms with Crippen molar-refractivity contribution in [3.8, 4) is 11.8 Å². The van der Waals surface area contributed by atoms with Gasteiger partial charge >= 0.3 is 0 Å². The molecule has 3 N–H and O–H groups in total. The zero-order valence-corrected chi connectivity index (χ0v) is 16.9. The van der Waals surface area contributed by atoms with Crippen LogP contribution in [0.15, 0.2) is 32.5 Å². The largest absolute Gasteiger partial charge is 0.456 e. The summed E-state index contributed by atoms with van der Waals surface area (Å²) in [7, 11) is 0. The van der Waals surface area contributed by atoms with Crippen LogP contribution in [0, 0.1) is 11.8 Å². The van der Waals surface area contributed by atoms with E-state index in [2.05, 4.69) is 44.1 Å². The predicted octanol–water partition coefficient (Wildman–Crippen LogP) is 4.86. The second-order valence-corrected chi connectivity index (χ2v) is 7.75. The van der Waals surface area contributed by atoms with Crippen LogP contribution in [-0.4, -0.2) is 17.2 Å². The minimum absolute atomic E-state index is 0.285. The molecule has 0 aliphatic carbocycles. The van der Waals surface area contributed by atoms with Crippen LogP contribution in [0.2, 0.25) is 0 Å². The van der Waals surface area contributed by atoms with Crippen molar-refractivity contribution in [2.75, 3.05) is 5.32 Å². The Morgan fingerprint density at radius 3 is 2.96 bits per heavy atom. The van der Waals surface area contributed by atoms with Crippen molar-refractivity contribution in [2.45, 2.75) is 39.0 Å². The summed E-state index contributed by atoms with van der Waals surface area (Å²) in [5.74, 6) is 6.44. The number of thiophene rings is 1. The van der Waals surface area contributed by atoms with E-state index in [4.69, 9.17) is 10.2 Å². The van der Waals surface area contributed by atoms with Crippen molar-refractivity contribution < 1.29 is 8.81 Å². The topological polar surface area (TPSA) is 64.1 Å². The highest BCUT2D eigenvalue weighted by Gasteiger charge is 2.21. The normalized spacial score (nSPS) is 13.3. The third kappa shape index (κ3) is 4.09. The van der Waals surface area contributed by atoms with Crippen molar-refractivity contribution in [1.82, 2.24) is 4.98 Å². The first-order valence-corrected chi connectivity index (χ1v) is 9.87. The lowest BCUT2D eigenvalue weighted by Crippen LogP contribution is -2.31. The lowest BCUT2D eigenvalue weighted by molar-refractivity contribution is 0.295. The van der Waals surface area contributed by atoms with Crippen LogP contribution in [0.4, 0.5) is 10.1 Å². The van der Waals surface area contributed by atoms with Gasteiger partial charge in [-0.05, 0) is 53.2 Å². The Balaban J connectivity index is 2.01. The number of pyridine rings is 1. The Morgan fingerprint density at radius 2 is 2.31 bits per heavy atom. The van der Waals surface area contributed by atoms with E-state index in [1.165, 1.54) is 11.8 Å². The van der Waals surface area contributed by atoms with Crippen molar-refractivity contribution >= 4 is 44.1 Å². The van der Waals surface area contributed by atoms with Gasteiger partial charge in [-0.25, -0.2) is 9.37 Å². The van der Waals surface area contributed by atoms with Gasteiger partial charge in [-0.3, -0.25) is 0 Å². The Morgan fingerprint density at radius 1 is 1.50 bits per heavy atom. The van der Waals surface area contributed by atoms with Crippen LogP contribution in [0.1, 0.15) is 30.2 Å². The van der Waals surface area contributed by atoms with E-state index >= 15 is 0 Å². The summed E-state index contributed by atoms with van der Waals surface area (Å²) in [6.07, 6.45) is -0.839. The number of anilines is 1. The minimum Gasteiger partial charge on any atom is -0.456 e. The number of nitrogens with two attached hydrogens (primary N) is 1. The molecule has 0 saturated heterocycles. The molecule has 0 amide bonds. The summed E-state index contributed by atoms with van der Waals surface area (Å²) >= 11 is 5.21. The van der Waals surface area contributed by atoms with Gasteiger partial charge in [0.05, 0.1) is 10.2 Å². The molecule has 3 heterocycles. The van der Waals surface area contributed by atoms with Crippen LogP contribution in [0.25, 0.3) is 11.1 Å². The summed E-state index contributed by atoms with van der Waals surface area (Å²) in [4.78, 5) is 5.76. The number of hydrogen-bond acceptors (Lipinski definition) is 5. The molecule has 4 nitrogen and oxygen atoms in total. The maximum Gasteiger partial charge on any atom is 0.177 e. The molecule has 26 heavy (non-hydrogen) atoms. The molecule has 0 radical (unpaired) electrons. The molecule has 0 saturated carbocycles. The van der Waals surface area contributed by atoms with E-state index in [0.717, 1.165) is 5.69 Å². The fourth-order valence-corrected chi connectivity index (χ4v) is 3.67. The molecule has 0 bridgehead atoms. The van der Waals surface area contributed by atoms with Crippen molar-refractivity contribution in [2.24, 2.45) is 5.73 Å². The van der Waals surface area contributed by atoms with E-state index in [-0.39, 0.29) is 6.42 Å². The van der Waals surface area contributed by atoms with Gasteiger partial charge in [0.25, 0.3) is 0 Å². The highest BCUT2D eigenvalue weighted by Crippen LogP contribution is 2.35. The molecule has 0 aromatic carbocycles. The maximum atomic E-state index is 13.5. The SMILES string of the molecule is CC#Cc1cc(NCc2cccs2)c2oc(C[C@@H](N)[C@H](C)F)c(Br)c2n1. The van der Waals surface area contributed by atoms with Gasteiger partial charge < -0.3 is 15.5 Å². The number of halogens is 2. The molecule has 3 aromatic heterocycles. The summed E-state index contributed by atoms with van der Waals surface area (Å²) in [6.45, 7) is 3.88. The summed E-state index contributed by atoms with van der Waals surface area (Å²) < 4.78 is 20.1. The molecule has 3 aromatic rings. The average molecular weight is 436 g/mol. The van der Waals surface area contributed by atoms with Gasteiger partial charge in [0.2, 0.25) is 0 Å². The number of nitrogens with zero attached hydrogens (tertiary/aromatic N) is 1. The smallest absolute Gasteiger partial charge is 0.177 e. The van der Waals surface area contributed by atoms with E-state index < -0.39 is 12.2 Å². The minimum atomic E-state index is -1.12. The quantitative estimate of drug-likeness (QED) is 0.542. The fourth-order valence-electron chi connectivity index (χ4n) is 2.51. The van der Waals surface area contributed by atoms with Crippen LogP contribution in [0.5, 0.6) is 0 Å². The van der Waals surface area contributed by atoms with E-state index in [9.17, 15) is 4.39 Å². The molecular weight excluding hydrogens is 417 g/mol. The van der Waals surface area contributed by atoms with Crippen molar-refractivity contribution in [1.29, 1.82) is 0 Å². The van der Waals surface area contributed by atoms with Crippen LogP contribution in [-0.2, 0) is 13.0 Å². The first-order valence-electron chi connectivity index (χ1n) is 8.20. The Hall–Kier alpha value is -1.88. The molecule has 136 valence electrons. The van der Waals surface area contributed by atoms with Gasteiger partial charge in [-0.1, -0.05) is 12.0 Å². The number of hydrogen-bond donors (Lipinski definition) is 2. The molecule has 0 spiro atoms. The molecule has 0 aliphatic rings. The highest BCUT2D eigenvalue weighted by atomic mass is 79.9. The first-order chi connectivity index (χ1) is 12.5. The summed E-state index contributed by atoms with van der Waals surface area (Å²) in [5, 5.41) is 5.42. The van der Waals surface area contributed by atoms with Crippen LogP contribution in [0.3, 0.4) is 0 Å². The predicted molar refractivity (Wildman–Crippen MR) is 108 cm³/mol. The van der Waals surface area contributed by atoms with Gasteiger partial charge in [0.1, 0.15) is 23.1 Å². The third-order valence-corrected chi connectivity index (χ3v) is 5.64. The second kappa shape index (κ2) is 8.21. The lowest BCUT2D eigenvalue weighted by Gasteiger charge is -2.10. The second-order valence-electron chi connectivity index (χ2n) is 5.93. The Labute approximate surface area is 164 Å². The number of furan rings is 1. The highest BCUT2D eigenvalue weighted by molar-refractivity contribution is 9.10. The fraction of sp³-hybridized carbons (Fsp3) is 0.316. The van der Waals surface area contributed by atoms with Gasteiger partial charge in [0.15, 0.2) is 5.58 Å². The van der Waals surface area contributed by atoms with Crippen molar-refractivity contribution in [3.63, 3.8) is 0 Å². The molecule has 0 unspecified atom stereocenters. The molecule has 0 fully saturated rings. The molecule has 2 atom stereocenters. The number of fused-ring (bicyclic) bond motifs is 1. The lowest BCUT2D eigenvalue weighted by atomic mass is 10.1.